The summed E-state index contributed by atoms with van der Waals surface area (Å²) in [5.74, 6) is -1.36. The lowest BCUT2D eigenvalue weighted by Crippen LogP contribution is -2.24. The van der Waals surface area contributed by atoms with Gasteiger partial charge in [-0.2, -0.15) is 0 Å². The first-order valence-electron chi connectivity index (χ1n) is 12.4. The first-order chi connectivity index (χ1) is 15.4. The van der Waals surface area contributed by atoms with Crippen LogP contribution in [-0.4, -0.2) is 47.1 Å². The minimum atomic E-state index is -0.767. The van der Waals surface area contributed by atoms with E-state index in [2.05, 4.69) is 10.6 Å². The van der Waals surface area contributed by atoms with Crippen LogP contribution in [0.5, 0.6) is 0 Å². The van der Waals surface area contributed by atoms with Crippen molar-refractivity contribution in [2.24, 2.45) is 0 Å². The zero-order valence-corrected chi connectivity index (χ0v) is 19.7. The third-order valence-electron chi connectivity index (χ3n) is 5.34. The maximum Gasteiger partial charge on any atom is 0.303 e. The third-order valence-corrected chi connectivity index (χ3v) is 5.34. The van der Waals surface area contributed by atoms with Crippen molar-refractivity contribution in [2.75, 3.05) is 13.1 Å². The Labute approximate surface area is 192 Å². The van der Waals surface area contributed by atoms with Gasteiger partial charge in [0.2, 0.25) is 11.8 Å². The maximum absolute atomic E-state index is 11.7. The molecule has 0 atom stereocenters. The van der Waals surface area contributed by atoms with Crippen molar-refractivity contribution in [3.05, 3.63) is 0 Å². The highest BCUT2D eigenvalue weighted by atomic mass is 16.4. The highest BCUT2D eigenvalue weighted by molar-refractivity contribution is 5.76. The summed E-state index contributed by atoms with van der Waals surface area (Å²) in [6.45, 7) is 1.26. The number of rotatable bonds is 23. The van der Waals surface area contributed by atoms with E-state index in [1.807, 2.05) is 0 Å². The molecule has 32 heavy (non-hydrogen) atoms. The molecule has 2 amide bonds. The number of carboxylic acids is 2. The quantitative estimate of drug-likeness (QED) is 0.168. The molecule has 186 valence electrons. The van der Waals surface area contributed by atoms with Crippen LogP contribution in [0.15, 0.2) is 0 Å². The van der Waals surface area contributed by atoms with Gasteiger partial charge in [-0.3, -0.25) is 19.2 Å². The highest BCUT2D eigenvalue weighted by Crippen LogP contribution is 2.11. The van der Waals surface area contributed by atoms with Crippen LogP contribution in [-0.2, 0) is 19.2 Å². The first kappa shape index (κ1) is 29.9. The number of hydrogen-bond donors (Lipinski definition) is 4. The molecule has 8 nitrogen and oxygen atoms in total. The van der Waals surface area contributed by atoms with Crippen LogP contribution in [0.1, 0.15) is 116 Å². The molecule has 0 aliphatic heterocycles. The number of nitrogens with one attached hydrogen (secondary N) is 2. The van der Waals surface area contributed by atoms with Crippen molar-refractivity contribution in [2.45, 2.75) is 116 Å². The van der Waals surface area contributed by atoms with Gasteiger partial charge in [-0.1, -0.05) is 51.4 Å². The molecule has 0 aromatic rings. The molecule has 0 aromatic heterocycles. The van der Waals surface area contributed by atoms with Crippen molar-refractivity contribution in [1.82, 2.24) is 10.6 Å². The molecule has 0 bridgehead atoms. The zero-order valence-electron chi connectivity index (χ0n) is 19.7. The van der Waals surface area contributed by atoms with Gasteiger partial charge in [0.25, 0.3) is 0 Å². The van der Waals surface area contributed by atoms with Crippen LogP contribution in [0.2, 0.25) is 0 Å². The zero-order chi connectivity index (χ0) is 23.9. The van der Waals surface area contributed by atoms with Gasteiger partial charge < -0.3 is 20.8 Å². The monoisotopic (exact) mass is 456 g/mol. The van der Waals surface area contributed by atoms with Crippen molar-refractivity contribution >= 4 is 23.8 Å². The van der Waals surface area contributed by atoms with Gasteiger partial charge in [-0.25, -0.2) is 0 Å². The van der Waals surface area contributed by atoms with E-state index in [4.69, 9.17) is 10.2 Å². The normalized spacial score (nSPS) is 10.6. The van der Waals surface area contributed by atoms with Gasteiger partial charge in [-0.15, -0.1) is 0 Å². The lowest BCUT2D eigenvalue weighted by Gasteiger charge is -2.06. The van der Waals surface area contributed by atoms with Crippen molar-refractivity contribution in [3.63, 3.8) is 0 Å². The van der Waals surface area contributed by atoms with Crippen LogP contribution < -0.4 is 10.6 Å². The van der Waals surface area contributed by atoms with Gasteiger partial charge in [0.1, 0.15) is 0 Å². The number of hydrogen-bond acceptors (Lipinski definition) is 4. The van der Waals surface area contributed by atoms with Crippen molar-refractivity contribution < 1.29 is 29.4 Å². The molecule has 0 spiro atoms. The molecule has 0 heterocycles. The van der Waals surface area contributed by atoms with E-state index in [1.54, 1.807) is 0 Å². The standard InChI is InChI=1S/C24H44N2O6/c27-21(25-19-13-7-11-17-23(29)30)15-9-5-3-1-2-4-6-10-16-22(28)26-20-14-8-12-18-24(31)32/h1-20H2,(H,25,27)(H,26,28)(H,29,30)(H,31,32). The molecule has 0 aliphatic rings. The number of aliphatic carboxylic acids is 2. The summed E-state index contributed by atoms with van der Waals surface area (Å²) in [6.07, 6.45) is 14.6. The van der Waals surface area contributed by atoms with E-state index in [0.29, 0.717) is 38.8 Å². The van der Waals surface area contributed by atoms with Crippen LogP contribution >= 0.6 is 0 Å². The Hall–Kier alpha value is -2.12. The van der Waals surface area contributed by atoms with E-state index in [9.17, 15) is 19.2 Å². The summed E-state index contributed by atoms with van der Waals surface area (Å²) in [7, 11) is 0. The Kier molecular flexibility index (Phi) is 20.6. The fourth-order valence-corrected chi connectivity index (χ4v) is 3.42. The highest BCUT2D eigenvalue weighted by Gasteiger charge is 2.03. The van der Waals surface area contributed by atoms with E-state index in [0.717, 1.165) is 77.0 Å². The molecular formula is C24H44N2O6. The molecule has 0 fully saturated rings. The van der Waals surface area contributed by atoms with Crippen LogP contribution in [0.4, 0.5) is 0 Å². The molecule has 0 saturated carbocycles. The molecule has 8 heteroatoms. The number of amides is 2. The first-order valence-corrected chi connectivity index (χ1v) is 12.4. The molecule has 0 unspecified atom stereocenters. The van der Waals surface area contributed by atoms with Crippen LogP contribution in [0.25, 0.3) is 0 Å². The number of carbonyl (C=O) groups excluding carboxylic acids is 2. The van der Waals surface area contributed by atoms with Crippen molar-refractivity contribution in [1.29, 1.82) is 0 Å². The van der Waals surface area contributed by atoms with Gasteiger partial charge in [-0.05, 0) is 38.5 Å². The maximum atomic E-state index is 11.7. The Morgan fingerprint density at radius 3 is 1.03 bits per heavy atom. The van der Waals surface area contributed by atoms with E-state index in [-0.39, 0.29) is 24.7 Å². The van der Waals surface area contributed by atoms with Gasteiger partial charge in [0.15, 0.2) is 0 Å². The summed E-state index contributed by atoms with van der Waals surface area (Å²) in [5, 5.41) is 22.9. The molecular weight excluding hydrogens is 412 g/mol. The second-order valence-electron chi connectivity index (χ2n) is 8.44. The van der Waals surface area contributed by atoms with E-state index in [1.165, 1.54) is 0 Å². The fourth-order valence-electron chi connectivity index (χ4n) is 3.42. The Morgan fingerprint density at radius 1 is 0.406 bits per heavy atom. The Balaban J connectivity index is 3.28. The van der Waals surface area contributed by atoms with Crippen LogP contribution in [0.3, 0.4) is 0 Å². The second-order valence-corrected chi connectivity index (χ2v) is 8.44. The van der Waals surface area contributed by atoms with Gasteiger partial charge in [0.05, 0.1) is 0 Å². The summed E-state index contributed by atoms with van der Waals surface area (Å²) in [5.41, 5.74) is 0. The largest absolute Gasteiger partial charge is 0.481 e. The molecule has 0 aliphatic carbocycles. The SMILES string of the molecule is O=C(O)CCCCCNC(=O)CCCCCCCCCCC(=O)NCCCCCC(=O)O. The number of unbranched alkanes of at least 4 members (excludes halogenated alkanes) is 11. The van der Waals surface area contributed by atoms with Crippen LogP contribution in [0, 0.1) is 0 Å². The molecule has 0 rings (SSSR count). The van der Waals surface area contributed by atoms with Gasteiger partial charge >= 0.3 is 11.9 Å². The molecule has 0 radical (unpaired) electrons. The van der Waals surface area contributed by atoms with Crippen molar-refractivity contribution in [3.8, 4) is 0 Å². The fraction of sp³-hybridized carbons (Fsp3) is 0.833. The summed E-state index contributed by atoms with van der Waals surface area (Å²) < 4.78 is 0. The van der Waals surface area contributed by atoms with Gasteiger partial charge in [0, 0.05) is 38.8 Å². The summed E-state index contributed by atoms with van der Waals surface area (Å²) in [4.78, 5) is 44.2. The smallest absolute Gasteiger partial charge is 0.303 e. The minimum Gasteiger partial charge on any atom is -0.481 e. The molecule has 0 saturated heterocycles. The lowest BCUT2D eigenvalue weighted by atomic mass is 10.1. The third kappa shape index (κ3) is 24.2. The second kappa shape index (κ2) is 22.1. The minimum absolute atomic E-state index is 0.0850. The Bertz CT molecular complexity index is 479. The number of carbonyl (C=O) groups is 4. The summed E-state index contributed by atoms with van der Waals surface area (Å²) >= 11 is 0. The predicted octanol–water partition coefficient (Wildman–Crippen LogP) is 4.41. The average molecular weight is 457 g/mol. The predicted molar refractivity (Wildman–Crippen MR) is 124 cm³/mol. The lowest BCUT2D eigenvalue weighted by molar-refractivity contribution is -0.138. The van der Waals surface area contributed by atoms with E-state index < -0.39 is 11.9 Å². The molecule has 0 aromatic carbocycles. The number of carboxylic acid groups (broad SMARTS) is 2. The molecule has 4 N–H and O–H groups in total. The Morgan fingerprint density at radius 2 is 0.688 bits per heavy atom. The topological polar surface area (TPSA) is 133 Å². The average Bonchev–Trinajstić information content (AvgIpc) is 2.74. The summed E-state index contributed by atoms with van der Waals surface area (Å²) in [6, 6.07) is 0. The van der Waals surface area contributed by atoms with E-state index >= 15 is 0 Å².